The Morgan fingerprint density at radius 2 is 2.21 bits per heavy atom. The molecule has 4 heterocycles. The van der Waals surface area contributed by atoms with Gasteiger partial charge in [-0.3, -0.25) is 10.1 Å². The monoisotopic (exact) mass is 408 g/mol. The summed E-state index contributed by atoms with van der Waals surface area (Å²) in [5, 5.41) is 19.6. The molecule has 12 heteroatoms. The summed E-state index contributed by atoms with van der Waals surface area (Å²) < 4.78 is 37.4. The van der Waals surface area contributed by atoms with E-state index < -0.39 is 18.4 Å². The lowest BCUT2D eigenvalue weighted by Crippen LogP contribution is -2.26. The van der Waals surface area contributed by atoms with Crippen molar-refractivity contribution in [1.82, 2.24) is 20.4 Å². The molecule has 146 valence electrons. The normalized spacial score (nSPS) is 15.6. The summed E-state index contributed by atoms with van der Waals surface area (Å²) in [5.74, 6) is -2.87. The van der Waals surface area contributed by atoms with E-state index >= 15 is 0 Å². The predicted octanol–water partition coefficient (Wildman–Crippen LogP) is 2.69. The molecule has 0 aliphatic carbocycles. The van der Waals surface area contributed by atoms with E-state index in [1.165, 1.54) is 29.4 Å². The van der Waals surface area contributed by atoms with Gasteiger partial charge in [-0.25, -0.2) is 8.78 Å². The number of nitrogens with zero attached hydrogens (tertiary/aromatic N) is 5. The van der Waals surface area contributed by atoms with Crippen LogP contribution in [-0.4, -0.2) is 52.4 Å². The van der Waals surface area contributed by atoms with Gasteiger partial charge in [-0.05, 0) is 11.4 Å². The fourth-order valence-corrected chi connectivity index (χ4v) is 3.34. The Hall–Kier alpha value is -3.15. The van der Waals surface area contributed by atoms with E-state index in [4.69, 9.17) is 9.15 Å². The first-order valence-electron chi connectivity index (χ1n) is 8.18. The fourth-order valence-electron chi connectivity index (χ4n) is 2.69. The van der Waals surface area contributed by atoms with Crippen molar-refractivity contribution >= 4 is 29.1 Å². The molecule has 0 bridgehead atoms. The number of nitrogens with one attached hydrogen (secondary N) is 1. The molecule has 1 amide bonds. The van der Waals surface area contributed by atoms with Crippen LogP contribution < -0.4 is 15.0 Å². The van der Waals surface area contributed by atoms with E-state index in [1.54, 1.807) is 6.07 Å². The second-order valence-electron chi connectivity index (χ2n) is 5.99. The summed E-state index contributed by atoms with van der Waals surface area (Å²) in [7, 11) is 1.34. The van der Waals surface area contributed by atoms with Crippen LogP contribution in [0.3, 0.4) is 0 Å². The van der Waals surface area contributed by atoms with Crippen LogP contribution >= 0.6 is 11.3 Å². The lowest BCUT2D eigenvalue weighted by Gasteiger charge is -2.17. The summed E-state index contributed by atoms with van der Waals surface area (Å²) in [6.45, 7) is -0.312. The number of aromatic nitrogens is 4. The summed E-state index contributed by atoms with van der Waals surface area (Å²) in [6.07, 6.45) is -0.261. The molecule has 0 aromatic carbocycles. The maximum Gasteiger partial charge on any atom is 0.322 e. The Morgan fingerprint density at radius 1 is 1.36 bits per heavy atom. The molecule has 0 saturated carbocycles. The molecule has 0 spiro atoms. The standard InChI is InChI=1S/C16H14F2N6O3S/c1-26-9-7-11(24-5-4-16(17,18)8-24)20-21-12(9)13(25)19-15-23-22-14(27-15)10-3-2-6-28-10/h2-3,6-7H,4-5,8H2,1H3,(H,19,23,25). The number of ether oxygens (including phenoxy) is 1. The number of alkyl halides is 2. The van der Waals surface area contributed by atoms with Gasteiger partial charge in [0.2, 0.25) is 0 Å². The van der Waals surface area contributed by atoms with Crippen LogP contribution in [0.5, 0.6) is 5.75 Å². The number of anilines is 2. The van der Waals surface area contributed by atoms with Gasteiger partial charge >= 0.3 is 6.01 Å². The molecule has 0 atom stereocenters. The van der Waals surface area contributed by atoms with Crippen molar-refractivity contribution in [2.24, 2.45) is 0 Å². The van der Waals surface area contributed by atoms with Crippen molar-refractivity contribution in [2.75, 3.05) is 30.4 Å². The largest absolute Gasteiger partial charge is 0.494 e. The number of thiophene rings is 1. The highest BCUT2D eigenvalue weighted by atomic mass is 32.1. The number of amides is 1. The molecule has 3 aromatic heterocycles. The Kier molecular flexibility index (Phi) is 4.63. The van der Waals surface area contributed by atoms with Crippen LogP contribution in [0.15, 0.2) is 28.0 Å². The molecule has 4 rings (SSSR count). The molecule has 28 heavy (non-hydrogen) atoms. The molecule has 1 saturated heterocycles. The van der Waals surface area contributed by atoms with Crippen LogP contribution in [0, 0.1) is 0 Å². The molecule has 0 unspecified atom stereocenters. The van der Waals surface area contributed by atoms with Crippen LogP contribution in [0.1, 0.15) is 16.9 Å². The van der Waals surface area contributed by atoms with E-state index in [-0.39, 0.29) is 42.1 Å². The first-order chi connectivity index (χ1) is 13.4. The van der Waals surface area contributed by atoms with Gasteiger partial charge in [0, 0.05) is 19.0 Å². The molecular weight excluding hydrogens is 394 g/mol. The zero-order chi connectivity index (χ0) is 19.7. The number of halogens is 2. The quantitative estimate of drug-likeness (QED) is 0.687. The summed E-state index contributed by atoms with van der Waals surface area (Å²) in [6, 6.07) is 4.92. The third kappa shape index (κ3) is 3.63. The van der Waals surface area contributed by atoms with Gasteiger partial charge in [0.05, 0.1) is 18.5 Å². The van der Waals surface area contributed by atoms with E-state index in [1.807, 2.05) is 11.4 Å². The molecule has 3 aromatic rings. The van der Waals surface area contributed by atoms with Crippen LogP contribution in [0.2, 0.25) is 0 Å². The van der Waals surface area contributed by atoms with E-state index in [0.29, 0.717) is 0 Å². The minimum Gasteiger partial charge on any atom is -0.494 e. The Bertz CT molecular complexity index is 994. The Labute approximate surface area is 161 Å². The molecule has 1 fully saturated rings. The van der Waals surface area contributed by atoms with Gasteiger partial charge in [-0.15, -0.1) is 26.6 Å². The number of rotatable bonds is 5. The highest BCUT2D eigenvalue weighted by Crippen LogP contribution is 2.31. The minimum absolute atomic E-state index is 0.0933. The highest BCUT2D eigenvalue weighted by Gasteiger charge is 2.39. The minimum atomic E-state index is -2.77. The van der Waals surface area contributed by atoms with Crippen molar-refractivity contribution in [3.63, 3.8) is 0 Å². The van der Waals surface area contributed by atoms with Crippen LogP contribution in [0.4, 0.5) is 20.6 Å². The van der Waals surface area contributed by atoms with Crippen LogP contribution in [0.25, 0.3) is 10.8 Å². The topological polar surface area (TPSA) is 106 Å². The van der Waals surface area contributed by atoms with Crippen molar-refractivity contribution in [2.45, 2.75) is 12.3 Å². The van der Waals surface area contributed by atoms with Crippen molar-refractivity contribution in [3.05, 3.63) is 29.3 Å². The molecule has 1 N–H and O–H groups in total. The van der Waals surface area contributed by atoms with Gasteiger partial charge in [0.25, 0.3) is 17.7 Å². The molecule has 1 aliphatic rings. The lowest BCUT2D eigenvalue weighted by molar-refractivity contribution is 0.0256. The number of carbonyl (C=O) groups excluding carboxylic acids is 1. The number of hydrogen-bond acceptors (Lipinski definition) is 9. The smallest absolute Gasteiger partial charge is 0.322 e. The summed E-state index contributed by atoms with van der Waals surface area (Å²) >= 11 is 1.41. The van der Waals surface area contributed by atoms with Crippen molar-refractivity contribution in [1.29, 1.82) is 0 Å². The Morgan fingerprint density at radius 3 is 2.89 bits per heavy atom. The third-order valence-corrected chi connectivity index (χ3v) is 4.91. The number of carbonyl (C=O) groups is 1. The number of methoxy groups -OCH3 is 1. The maximum atomic E-state index is 13.4. The van der Waals surface area contributed by atoms with Gasteiger partial charge in [0.1, 0.15) is 0 Å². The molecule has 1 aliphatic heterocycles. The van der Waals surface area contributed by atoms with Gasteiger partial charge in [-0.1, -0.05) is 11.2 Å². The Balaban J connectivity index is 1.51. The molecule has 0 radical (unpaired) electrons. The van der Waals surface area contributed by atoms with E-state index in [2.05, 4.69) is 25.7 Å². The van der Waals surface area contributed by atoms with E-state index in [0.717, 1.165) is 4.88 Å². The third-order valence-electron chi connectivity index (χ3n) is 4.05. The lowest BCUT2D eigenvalue weighted by atomic mass is 10.3. The second-order valence-corrected chi connectivity index (χ2v) is 6.94. The molecular formula is C16H14F2N6O3S. The first-order valence-corrected chi connectivity index (χ1v) is 9.06. The maximum absolute atomic E-state index is 13.4. The van der Waals surface area contributed by atoms with Gasteiger partial charge in [-0.2, -0.15) is 0 Å². The van der Waals surface area contributed by atoms with Crippen molar-refractivity contribution in [3.8, 4) is 16.5 Å². The average Bonchev–Trinajstić information content (AvgIpc) is 3.41. The summed E-state index contributed by atoms with van der Waals surface area (Å²) in [5.41, 5.74) is -0.131. The van der Waals surface area contributed by atoms with E-state index in [9.17, 15) is 13.6 Å². The molecule has 9 nitrogen and oxygen atoms in total. The summed E-state index contributed by atoms with van der Waals surface area (Å²) in [4.78, 5) is 14.6. The van der Waals surface area contributed by atoms with Crippen molar-refractivity contribution < 1.29 is 22.7 Å². The highest BCUT2D eigenvalue weighted by molar-refractivity contribution is 7.13. The van der Waals surface area contributed by atoms with Gasteiger partial charge in [0.15, 0.2) is 17.3 Å². The zero-order valence-corrected chi connectivity index (χ0v) is 15.4. The number of hydrogen-bond donors (Lipinski definition) is 1. The van der Waals surface area contributed by atoms with Crippen LogP contribution in [-0.2, 0) is 0 Å². The van der Waals surface area contributed by atoms with Gasteiger partial charge < -0.3 is 14.1 Å². The average molecular weight is 408 g/mol. The fraction of sp³-hybridized carbons (Fsp3) is 0.312. The second kappa shape index (κ2) is 7.11. The SMILES string of the molecule is COc1cc(N2CCC(F)(F)C2)nnc1C(=O)Nc1nnc(-c2cccs2)o1. The predicted molar refractivity (Wildman–Crippen MR) is 95.9 cm³/mol. The first kappa shape index (κ1) is 18.2. The zero-order valence-electron chi connectivity index (χ0n) is 14.6.